The predicted octanol–water partition coefficient (Wildman–Crippen LogP) is 1.52. The zero-order valence-corrected chi connectivity index (χ0v) is 11.5. The second-order valence-electron chi connectivity index (χ2n) is 5.88. The number of phenols is 3. The summed E-state index contributed by atoms with van der Waals surface area (Å²) in [4.78, 5) is 2.57. The average Bonchev–Trinajstić information content (AvgIpc) is 2.91. The predicted molar refractivity (Wildman–Crippen MR) is 75.9 cm³/mol. The fraction of sp³-hybridized carbons (Fsp3) is 0.600. The third-order valence-corrected chi connectivity index (χ3v) is 4.62. The molecule has 0 spiro atoms. The van der Waals surface area contributed by atoms with Gasteiger partial charge in [0.25, 0.3) is 0 Å². The summed E-state index contributed by atoms with van der Waals surface area (Å²) in [7, 11) is 0. The first-order chi connectivity index (χ1) is 9.65. The average molecular weight is 278 g/mol. The maximum Gasteiger partial charge on any atom is 0.200 e. The lowest BCUT2D eigenvalue weighted by Gasteiger charge is -2.35. The Labute approximate surface area is 118 Å². The van der Waals surface area contributed by atoms with Crippen LogP contribution in [0.3, 0.4) is 0 Å². The van der Waals surface area contributed by atoms with Crippen molar-refractivity contribution in [2.75, 3.05) is 13.1 Å². The minimum absolute atomic E-state index is 0.226. The van der Waals surface area contributed by atoms with Gasteiger partial charge in [-0.05, 0) is 44.8 Å². The fourth-order valence-corrected chi connectivity index (χ4v) is 3.42. The highest BCUT2D eigenvalue weighted by Gasteiger charge is 2.31. The zero-order chi connectivity index (χ0) is 14.1. The van der Waals surface area contributed by atoms with Gasteiger partial charge in [0.05, 0.1) is 0 Å². The molecule has 2 atom stereocenters. The second kappa shape index (κ2) is 5.50. The zero-order valence-electron chi connectivity index (χ0n) is 11.5. The van der Waals surface area contributed by atoms with Crippen molar-refractivity contribution in [1.82, 2.24) is 10.2 Å². The van der Waals surface area contributed by atoms with E-state index in [9.17, 15) is 15.3 Å². The van der Waals surface area contributed by atoms with Gasteiger partial charge in [-0.25, -0.2) is 0 Å². The summed E-state index contributed by atoms with van der Waals surface area (Å²) in [5.41, 5.74) is 0.620. The molecule has 0 bridgehead atoms. The molecule has 2 aliphatic heterocycles. The maximum absolute atomic E-state index is 9.80. The van der Waals surface area contributed by atoms with Gasteiger partial charge in [-0.2, -0.15) is 0 Å². The molecule has 2 heterocycles. The molecule has 110 valence electrons. The van der Waals surface area contributed by atoms with Gasteiger partial charge in [-0.15, -0.1) is 0 Å². The van der Waals surface area contributed by atoms with Crippen LogP contribution in [0.5, 0.6) is 17.2 Å². The van der Waals surface area contributed by atoms with Crippen LogP contribution in [0.2, 0.25) is 0 Å². The molecule has 1 aromatic carbocycles. The van der Waals surface area contributed by atoms with E-state index in [1.165, 1.54) is 25.5 Å². The molecule has 0 saturated carbocycles. The van der Waals surface area contributed by atoms with Crippen LogP contribution in [0.4, 0.5) is 0 Å². The monoisotopic (exact) mass is 278 g/mol. The number of piperidine rings is 1. The highest BCUT2D eigenvalue weighted by Crippen LogP contribution is 2.37. The topological polar surface area (TPSA) is 76.0 Å². The molecule has 0 aromatic heterocycles. The first kappa shape index (κ1) is 13.5. The van der Waals surface area contributed by atoms with Crippen molar-refractivity contribution in [1.29, 1.82) is 0 Å². The molecule has 4 N–H and O–H groups in total. The number of nitrogens with zero attached hydrogens (tertiary/aromatic N) is 1. The van der Waals surface area contributed by atoms with Crippen LogP contribution in [0.15, 0.2) is 12.1 Å². The van der Waals surface area contributed by atoms with Crippen molar-refractivity contribution in [2.45, 2.75) is 44.3 Å². The van der Waals surface area contributed by atoms with Crippen LogP contribution < -0.4 is 5.32 Å². The lowest BCUT2D eigenvalue weighted by molar-refractivity contribution is 0.166. The number of phenolic OH excluding ortho intramolecular Hbond substituents is 3. The summed E-state index contributed by atoms with van der Waals surface area (Å²) in [5, 5.41) is 32.1. The first-order valence-electron chi connectivity index (χ1n) is 7.35. The van der Waals surface area contributed by atoms with Gasteiger partial charge in [0.15, 0.2) is 11.5 Å². The molecule has 20 heavy (non-hydrogen) atoms. The van der Waals surface area contributed by atoms with Crippen molar-refractivity contribution in [3.63, 3.8) is 0 Å². The van der Waals surface area contributed by atoms with Crippen molar-refractivity contribution in [2.24, 2.45) is 0 Å². The smallest absolute Gasteiger partial charge is 0.200 e. The van der Waals surface area contributed by atoms with Gasteiger partial charge in [0, 0.05) is 24.2 Å². The number of benzene rings is 1. The van der Waals surface area contributed by atoms with Gasteiger partial charge < -0.3 is 25.5 Å². The highest BCUT2D eigenvalue weighted by atomic mass is 16.3. The van der Waals surface area contributed by atoms with Crippen LogP contribution in [-0.2, 0) is 6.54 Å². The molecule has 0 amide bonds. The Morgan fingerprint density at radius 2 is 1.95 bits per heavy atom. The minimum Gasteiger partial charge on any atom is -0.504 e. The summed E-state index contributed by atoms with van der Waals surface area (Å²) in [6.07, 6.45) is 4.89. The first-order valence-corrected chi connectivity index (χ1v) is 7.35. The third-order valence-electron chi connectivity index (χ3n) is 4.62. The lowest BCUT2D eigenvalue weighted by atomic mass is 9.97. The molecule has 2 unspecified atom stereocenters. The van der Waals surface area contributed by atoms with E-state index in [1.54, 1.807) is 6.07 Å². The molecule has 0 radical (unpaired) electrons. The quantitative estimate of drug-likeness (QED) is 0.631. The number of nitrogens with one attached hydrogen (secondary N) is 1. The summed E-state index contributed by atoms with van der Waals surface area (Å²) >= 11 is 0. The SMILES string of the molecule is Oc1ccc(CNC2CCN3CCCC3C2)c(O)c1O. The van der Waals surface area contributed by atoms with E-state index < -0.39 is 5.75 Å². The molecular formula is C15H22N2O3. The molecule has 2 saturated heterocycles. The number of rotatable bonds is 3. The number of hydrogen-bond donors (Lipinski definition) is 4. The number of fused-ring (bicyclic) bond motifs is 1. The largest absolute Gasteiger partial charge is 0.504 e. The van der Waals surface area contributed by atoms with E-state index in [1.807, 2.05) is 0 Å². The Balaban J connectivity index is 1.58. The van der Waals surface area contributed by atoms with Crippen LogP contribution in [0.25, 0.3) is 0 Å². The molecule has 3 rings (SSSR count). The van der Waals surface area contributed by atoms with Crippen LogP contribution >= 0.6 is 0 Å². The van der Waals surface area contributed by atoms with Gasteiger partial charge >= 0.3 is 0 Å². The van der Waals surface area contributed by atoms with E-state index in [-0.39, 0.29) is 11.5 Å². The molecular weight excluding hydrogens is 256 g/mol. The van der Waals surface area contributed by atoms with Crippen molar-refractivity contribution >= 4 is 0 Å². The van der Waals surface area contributed by atoms with E-state index in [0.717, 1.165) is 19.4 Å². The minimum atomic E-state index is -0.435. The number of aromatic hydroxyl groups is 3. The van der Waals surface area contributed by atoms with Crippen molar-refractivity contribution in [3.05, 3.63) is 17.7 Å². The van der Waals surface area contributed by atoms with Gasteiger partial charge in [-0.3, -0.25) is 0 Å². The summed E-state index contributed by atoms with van der Waals surface area (Å²) < 4.78 is 0. The maximum atomic E-state index is 9.80. The van der Waals surface area contributed by atoms with Crippen molar-refractivity contribution < 1.29 is 15.3 Å². The van der Waals surface area contributed by atoms with Crippen molar-refractivity contribution in [3.8, 4) is 17.2 Å². The van der Waals surface area contributed by atoms with Crippen LogP contribution in [0.1, 0.15) is 31.2 Å². The van der Waals surface area contributed by atoms with Gasteiger partial charge in [0.2, 0.25) is 5.75 Å². The second-order valence-corrected chi connectivity index (χ2v) is 5.88. The van der Waals surface area contributed by atoms with Crippen LogP contribution in [0, 0.1) is 0 Å². The standard InChI is InChI=1S/C15H22N2O3/c18-13-4-3-10(14(19)15(13)20)9-16-11-5-7-17-6-1-2-12(17)8-11/h3-4,11-12,16,18-20H,1-2,5-9H2. The normalized spacial score (nSPS) is 26.6. The highest BCUT2D eigenvalue weighted by molar-refractivity contribution is 5.53. The summed E-state index contributed by atoms with van der Waals surface area (Å²) in [6, 6.07) is 4.22. The van der Waals surface area contributed by atoms with E-state index in [2.05, 4.69) is 10.2 Å². The Morgan fingerprint density at radius 3 is 2.80 bits per heavy atom. The van der Waals surface area contributed by atoms with Crippen LogP contribution in [-0.4, -0.2) is 45.4 Å². The van der Waals surface area contributed by atoms with E-state index in [0.29, 0.717) is 24.2 Å². The molecule has 0 aliphatic carbocycles. The molecule has 2 fully saturated rings. The molecule has 1 aromatic rings. The Kier molecular flexibility index (Phi) is 3.72. The Bertz CT molecular complexity index is 492. The van der Waals surface area contributed by atoms with Gasteiger partial charge in [0.1, 0.15) is 0 Å². The summed E-state index contributed by atoms with van der Waals surface area (Å²) in [6.45, 7) is 2.90. The lowest BCUT2D eigenvalue weighted by Crippen LogP contribution is -2.45. The Morgan fingerprint density at radius 1 is 1.10 bits per heavy atom. The van der Waals surface area contributed by atoms with E-state index >= 15 is 0 Å². The van der Waals surface area contributed by atoms with Gasteiger partial charge in [-0.1, -0.05) is 6.07 Å². The fourth-order valence-electron chi connectivity index (χ4n) is 3.42. The number of hydrogen-bond acceptors (Lipinski definition) is 5. The molecule has 5 nitrogen and oxygen atoms in total. The molecule has 2 aliphatic rings. The van der Waals surface area contributed by atoms with E-state index in [4.69, 9.17) is 0 Å². The third kappa shape index (κ3) is 2.55. The Hall–Kier alpha value is -1.46. The summed E-state index contributed by atoms with van der Waals surface area (Å²) in [5.74, 6) is -0.948. The molecule has 5 heteroatoms.